The predicted octanol–water partition coefficient (Wildman–Crippen LogP) is 1.89. The van der Waals surface area contributed by atoms with Gasteiger partial charge < -0.3 is 15.1 Å². The van der Waals surface area contributed by atoms with Crippen molar-refractivity contribution in [3.8, 4) is 0 Å². The number of likely N-dealkylation sites (N-methyl/N-ethyl adjacent to an activating group) is 2. The zero-order chi connectivity index (χ0) is 13.8. The molecule has 106 valence electrons. The number of aromatic nitrogens is 1. The second kappa shape index (κ2) is 6.35. The van der Waals surface area contributed by atoms with Crippen LogP contribution in [0.5, 0.6) is 0 Å². The first-order chi connectivity index (χ1) is 9.13. The van der Waals surface area contributed by atoms with Crippen LogP contribution in [0.15, 0.2) is 18.3 Å². The van der Waals surface area contributed by atoms with Gasteiger partial charge in [0.25, 0.3) is 0 Å². The molecule has 2 unspecified atom stereocenters. The van der Waals surface area contributed by atoms with Crippen molar-refractivity contribution in [2.24, 2.45) is 0 Å². The van der Waals surface area contributed by atoms with Gasteiger partial charge in [-0.15, -0.1) is 0 Å². The van der Waals surface area contributed by atoms with Gasteiger partial charge in [-0.1, -0.05) is 6.07 Å². The van der Waals surface area contributed by atoms with Gasteiger partial charge in [-0.05, 0) is 46.5 Å². The molecule has 0 bridgehead atoms. The number of likely N-dealkylation sites (tertiary alicyclic amines) is 1. The molecule has 0 radical (unpaired) electrons. The maximum absolute atomic E-state index is 4.62. The van der Waals surface area contributed by atoms with E-state index in [-0.39, 0.29) is 0 Å². The second-order valence-electron chi connectivity index (χ2n) is 5.60. The first-order valence-electron chi connectivity index (χ1n) is 7.17. The van der Waals surface area contributed by atoms with Gasteiger partial charge in [0.1, 0.15) is 5.82 Å². The molecule has 2 heterocycles. The lowest BCUT2D eigenvalue weighted by atomic mass is 10.0. The molecule has 1 aromatic heterocycles. The van der Waals surface area contributed by atoms with E-state index in [1.54, 1.807) is 0 Å². The smallest absolute Gasteiger partial charge is 0.133 e. The Balaban J connectivity index is 2.20. The molecule has 2 atom stereocenters. The fourth-order valence-electron chi connectivity index (χ4n) is 2.83. The number of rotatable bonds is 4. The third kappa shape index (κ3) is 3.25. The Bertz CT molecular complexity index is 407. The zero-order valence-electron chi connectivity index (χ0n) is 12.6. The van der Waals surface area contributed by atoms with Crippen LogP contribution in [0.1, 0.15) is 31.4 Å². The van der Waals surface area contributed by atoms with E-state index in [0.717, 1.165) is 12.4 Å². The van der Waals surface area contributed by atoms with Gasteiger partial charge in [0.2, 0.25) is 0 Å². The fourth-order valence-corrected chi connectivity index (χ4v) is 2.83. The maximum Gasteiger partial charge on any atom is 0.133 e. The number of anilines is 1. The molecular weight excluding hydrogens is 236 g/mol. The van der Waals surface area contributed by atoms with Crippen molar-refractivity contribution in [2.45, 2.75) is 31.8 Å². The Labute approximate surface area is 116 Å². The molecule has 4 heteroatoms. The molecule has 0 aliphatic carbocycles. The number of hydrogen-bond donors (Lipinski definition) is 1. The Kier molecular flexibility index (Phi) is 4.77. The normalized spacial score (nSPS) is 22.2. The number of nitrogens with zero attached hydrogens (tertiary/aromatic N) is 3. The largest absolute Gasteiger partial charge is 0.355 e. The Morgan fingerprint density at radius 3 is 3.00 bits per heavy atom. The molecule has 1 saturated heterocycles. The van der Waals surface area contributed by atoms with Gasteiger partial charge in [-0.3, -0.25) is 0 Å². The van der Waals surface area contributed by atoms with Crippen LogP contribution in [0, 0.1) is 0 Å². The summed E-state index contributed by atoms with van der Waals surface area (Å²) >= 11 is 0. The van der Waals surface area contributed by atoms with E-state index < -0.39 is 0 Å². The summed E-state index contributed by atoms with van der Waals surface area (Å²) in [5, 5.41) is 3.31. The summed E-state index contributed by atoms with van der Waals surface area (Å²) < 4.78 is 0. The third-order valence-corrected chi connectivity index (χ3v) is 4.20. The SMILES string of the molecule is CNC(C)c1cccnc1N(C)C1CCCN(C)C1. The van der Waals surface area contributed by atoms with E-state index in [4.69, 9.17) is 0 Å². The second-order valence-corrected chi connectivity index (χ2v) is 5.60. The quantitative estimate of drug-likeness (QED) is 0.898. The zero-order valence-corrected chi connectivity index (χ0v) is 12.6. The van der Waals surface area contributed by atoms with Gasteiger partial charge >= 0.3 is 0 Å². The minimum atomic E-state index is 0.326. The molecule has 1 aromatic rings. The lowest BCUT2D eigenvalue weighted by molar-refractivity contribution is 0.247. The number of piperidine rings is 1. The highest BCUT2D eigenvalue weighted by molar-refractivity contribution is 5.48. The molecule has 2 rings (SSSR count). The van der Waals surface area contributed by atoms with Crippen LogP contribution >= 0.6 is 0 Å². The summed E-state index contributed by atoms with van der Waals surface area (Å²) in [5.74, 6) is 1.12. The molecule has 19 heavy (non-hydrogen) atoms. The van der Waals surface area contributed by atoms with E-state index in [2.05, 4.69) is 47.2 Å². The fraction of sp³-hybridized carbons (Fsp3) is 0.667. The molecule has 1 N–H and O–H groups in total. The van der Waals surface area contributed by atoms with Gasteiger partial charge in [0.05, 0.1) is 0 Å². The van der Waals surface area contributed by atoms with E-state index in [9.17, 15) is 0 Å². The summed E-state index contributed by atoms with van der Waals surface area (Å²) in [5.41, 5.74) is 1.28. The van der Waals surface area contributed by atoms with Gasteiger partial charge in [0, 0.05) is 37.4 Å². The Hall–Kier alpha value is -1.13. The minimum Gasteiger partial charge on any atom is -0.355 e. The molecule has 0 saturated carbocycles. The first kappa shape index (κ1) is 14.3. The summed E-state index contributed by atoms with van der Waals surface area (Å²) in [6, 6.07) is 5.09. The lowest BCUT2D eigenvalue weighted by Gasteiger charge is -2.37. The topological polar surface area (TPSA) is 31.4 Å². The lowest BCUT2D eigenvalue weighted by Crippen LogP contribution is -2.45. The van der Waals surface area contributed by atoms with Crippen molar-refractivity contribution in [3.05, 3.63) is 23.9 Å². The van der Waals surface area contributed by atoms with Crippen LogP contribution in [0.2, 0.25) is 0 Å². The van der Waals surface area contributed by atoms with Gasteiger partial charge in [-0.2, -0.15) is 0 Å². The highest BCUT2D eigenvalue weighted by Crippen LogP contribution is 2.26. The average Bonchev–Trinajstić information content (AvgIpc) is 2.45. The monoisotopic (exact) mass is 262 g/mol. The van der Waals surface area contributed by atoms with Crippen LogP contribution in [-0.2, 0) is 0 Å². The minimum absolute atomic E-state index is 0.326. The van der Waals surface area contributed by atoms with Crippen LogP contribution in [0.3, 0.4) is 0 Å². The van der Waals surface area contributed by atoms with E-state index in [1.165, 1.54) is 24.9 Å². The molecule has 4 nitrogen and oxygen atoms in total. The summed E-state index contributed by atoms with van der Waals surface area (Å²) in [6.07, 6.45) is 4.42. The van der Waals surface area contributed by atoms with Crippen LogP contribution < -0.4 is 10.2 Å². The van der Waals surface area contributed by atoms with Crippen LogP contribution in [0.25, 0.3) is 0 Å². The molecule has 0 spiro atoms. The third-order valence-electron chi connectivity index (χ3n) is 4.20. The van der Waals surface area contributed by atoms with Gasteiger partial charge in [-0.25, -0.2) is 4.98 Å². The van der Waals surface area contributed by atoms with E-state index in [0.29, 0.717) is 12.1 Å². The number of hydrogen-bond acceptors (Lipinski definition) is 4. The van der Waals surface area contributed by atoms with Crippen molar-refractivity contribution in [3.63, 3.8) is 0 Å². The number of nitrogens with one attached hydrogen (secondary N) is 1. The molecule has 0 aromatic carbocycles. The highest BCUT2D eigenvalue weighted by atomic mass is 15.2. The van der Waals surface area contributed by atoms with Crippen molar-refractivity contribution >= 4 is 5.82 Å². The van der Waals surface area contributed by atoms with Crippen LogP contribution in [0.4, 0.5) is 5.82 Å². The summed E-state index contributed by atoms with van der Waals surface area (Å²) in [4.78, 5) is 9.39. The molecular formula is C15H26N4. The molecule has 1 aliphatic heterocycles. The average molecular weight is 262 g/mol. The van der Waals surface area contributed by atoms with Crippen molar-refractivity contribution in [1.82, 2.24) is 15.2 Å². The standard InChI is InChI=1S/C15H26N4/c1-12(16-2)14-8-5-9-17-15(14)19(4)13-7-6-10-18(3)11-13/h5,8-9,12-13,16H,6-7,10-11H2,1-4H3. The van der Waals surface area contributed by atoms with Gasteiger partial charge in [0.15, 0.2) is 0 Å². The Morgan fingerprint density at radius 2 is 2.32 bits per heavy atom. The Morgan fingerprint density at radius 1 is 1.53 bits per heavy atom. The molecule has 0 amide bonds. The number of pyridine rings is 1. The maximum atomic E-state index is 4.62. The molecule has 1 aliphatic rings. The molecule has 1 fully saturated rings. The first-order valence-corrected chi connectivity index (χ1v) is 7.17. The summed E-state index contributed by atoms with van der Waals surface area (Å²) in [7, 11) is 6.38. The van der Waals surface area contributed by atoms with Crippen molar-refractivity contribution in [2.75, 3.05) is 39.1 Å². The highest BCUT2D eigenvalue weighted by Gasteiger charge is 2.24. The summed E-state index contributed by atoms with van der Waals surface area (Å²) in [6.45, 7) is 4.52. The van der Waals surface area contributed by atoms with Crippen molar-refractivity contribution in [1.29, 1.82) is 0 Å². The van der Waals surface area contributed by atoms with E-state index in [1.807, 2.05) is 19.3 Å². The van der Waals surface area contributed by atoms with Crippen molar-refractivity contribution < 1.29 is 0 Å². The predicted molar refractivity (Wildman–Crippen MR) is 80.6 cm³/mol. The van der Waals surface area contributed by atoms with E-state index >= 15 is 0 Å². The van der Waals surface area contributed by atoms with Crippen LogP contribution in [-0.4, -0.2) is 50.2 Å².